The van der Waals surface area contributed by atoms with Crippen LogP contribution in [0.4, 0.5) is 0 Å². The van der Waals surface area contributed by atoms with Gasteiger partial charge in [0, 0.05) is 12.1 Å². The molecule has 0 rings (SSSR count). The van der Waals surface area contributed by atoms with E-state index in [1.165, 1.54) is 6.42 Å². The van der Waals surface area contributed by atoms with E-state index in [9.17, 15) is 0 Å². The summed E-state index contributed by atoms with van der Waals surface area (Å²) in [5.41, 5.74) is 0.216. The molecule has 0 aromatic rings. The van der Waals surface area contributed by atoms with E-state index in [2.05, 4.69) is 38.3 Å². The van der Waals surface area contributed by atoms with Crippen LogP contribution >= 0.6 is 0 Å². The lowest BCUT2D eigenvalue weighted by molar-refractivity contribution is 0.375. The van der Waals surface area contributed by atoms with E-state index in [4.69, 9.17) is 0 Å². The van der Waals surface area contributed by atoms with Crippen molar-refractivity contribution in [3.8, 4) is 0 Å². The van der Waals surface area contributed by atoms with Crippen LogP contribution in [-0.2, 0) is 0 Å². The first-order valence-electron chi connectivity index (χ1n) is 4.91. The lowest BCUT2D eigenvalue weighted by atomic mass is 10.1. The molecule has 0 fully saturated rings. The quantitative estimate of drug-likeness (QED) is 0.636. The normalized spacial score (nSPS) is 14.8. The number of nitrogens with one attached hydrogen (secondary N) is 2. The molecule has 0 spiro atoms. The molecule has 0 aliphatic rings. The highest BCUT2D eigenvalue weighted by Gasteiger charge is 2.13. The minimum atomic E-state index is 0.216. The van der Waals surface area contributed by atoms with Gasteiger partial charge in [-0.3, -0.25) is 0 Å². The molecule has 0 aromatic heterocycles. The molecule has 0 aliphatic heterocycles. The van der Waals surface area contributed by atoms with Crippen molar-refractivity contribution in [1.29, 1.82) is 0 Å². The van der Waals surface area contributed by atoms with E-state index in [-0.39, 0.29) is 5.54 Å². The first-order chi connectivity index (χ1) is 5.52. The summed E-state index contributed by atoms with van der Waals surface area (Å²) in [6.07, 6.45) is 1.26. The smallest absolute Gasteiger partial charge is 0.0246 e. The summed E-state index contributed by atoms with van der Waals surface area (Å²) in [6, 6.07) is 0. The summed E-state index contributed by atoms with van der Waals surface area (Å²) in [4.78, 5) is 0. The monoisotopic (exact) mass is 172 g/mol. The number of hydrogen-bond donors (Lipinski definition) is 2. The van der Waals surface area contributed by atoms with Crippen LogP contribution in [0, 0.1) is 5.92 Å². The molecule has 0 amide bonds. The molecule has 0 aromatic carbocycles. The molecule has 0 saturated heterocycles. The Bertz CT molecular complexity index is 110. The molecule has 2 N–H and O–H groups in total. The Morgan fingerprint density at radius 3 is 2.33 bits per heavy atom. The zero-order valence-corrected chi connectivity index (χ0v) is 9.20. The SMILES string of the molecule is CCC(C)CNCC(C)(C)NC. The van der Waals surface area contributed by atoms with Crippen LogP contribution in [0.3, 0.4) is 0 Å². The second kappa shape index (κ2) is 5.55. The lowest BCUT2D eigenvalue weighted by Crippen LogP contribution is -2.46. The van der Waals surface area contributed by atoms with E-state index in [1.807, 2.05) is 7.05 Å². The van der Waals surface area contributed by atoms with E-state index in [0.29, 0.717) is 0 Å². The summed E-state index contributed by atoms with van der Waals surface area (Å²) in [5, 5.41) is 6.74. The topological polar surface area (TPSA) is 24.1 Å². The molecule has 1 atom stereocenters. The molecular formula is C10H24N2. The molecule has 1 unspecified atom stereocenters. The Labute approximate surface area is 77.1 Å². The maximum absolute atomic E-state index is 3.46. The average molecular weight is 172 g/mol. The van der Waals surface area contributed by atoms with Crippen molar-refractivity contribution in [2.24, 2.45) is 5.92 Å². The molecule has 0 radical (unpaired) electrons. The third kappa shape index (κ3) is 5.56. The minimum Gasteiger partial charge on any atom is -0.315 e. The Kier molecular flexibility index (Phi) is 5.51. The fraction of sp³-hybridized carbons (Fsp3) is 1.00. The van der Waals surface area contributed by atoms with Gasteiger partial charge in [-0.2, -0.15) is 0 Å². The third-order valence-electron chi connectivity index (χ3n) is 2.43. The van der Waals surface area contributed by atoms with Gasteiger partial charge < -0.3 is 10.6 Å². The fourth-order valence-corrected chi connectivity index (χ4v) is 0.864. The largest absolute Gasteiger partial charge is 0.315 e. The predicted molar refractivity (Wildman–Crippen MR) is 55.5 cm³/mol. The second-order valence-electron chi connectivity index (χ2n) is 4.28. The summed E-state index contributed by atoms with van der Waals surface area (Å²) in [6.45, 7) is 11.1. The molecule has 0 heterocycles. The van der Waals surface area contributed by atoms with Gasteiger partial charge in [-0.25, -0.2) is 0 Å². The van der Waals surface area contributed by atoms with Crippen LogP contribution in [0.5, 0.6) is 0 Å². The number of hydrogen-bond acceptors (Lipinski definition) is 2. The van der Waals surface area contributed by atoms with E-state index in [1.54, 1.807) is 0 Å². The van der Waals surface area contributed by atoms with Crippen LogP contribution in [0.15, 0.2) is 0 Å². The highest BCUT2D eigenvalue weighted by molar-refractivity contribution is 4.78. The lowest BCUT2D eigenvalue weighted by Gasteiger charge is -2.25. The van der Waals surface area contributed by atoms with Crippen molar-refractivity contribution < 1.29 is 0 Å². The summed E-state index contributed by atoms with van der Waals surface area (Å²) < 4.78 is 0. The fourth-order valence-electron chi connectivity index (χ4n) is 0.864. The van der Waals surface area contributed by atoms with Crippen molar-refractivity contribution in [3.05, 3.63) is 0 Å². The molecule has 0 saturated carbocycles. The molecule has 74 valence electrons. The van der Waals surface area contributed by atoms with Gasteiger partial charge in [-0.1, -0.05) is 20.3 Å². The van der Waals surface area contributed by atoms with Crippen LogP contribution < -0.4 is 10.6 Å². The van der Waals surface area contributed by atoms with Crippen molar-refractivity contribution in [3.63, 3.8) is 0 Å². The Hall–Kier alpha value is -0.0800. The molecule has 12 heavy (non-hydrogen) atoms. The molecule has 2 nitrogen and oxygen atoms in total. The zero-order valence-electron chi connectivity index (χ0n) is 9.20. The minimum absolute atomic E-state index is 0.216. The first kappa shape index (κ1) is 11.9. The summed E-state index contributed by atoms with van der Waals surface area (Å²) >= 11 is 0. The Morgan fingerprint density at radius 2 is 1.92 bits per heavy atom. The van der Waals surface area contributed by atoms with Crippen LogP contribution in [0.2, 0.25) is 0 Å². The molecular weight excluding hydrogens is 148 g/mol. The van der Waals surface area contributed by atoms with Crippen molar-refractivity contribution in [1.82, 2.24) is 10.6 Å². The van der Waals surface area contributed by atoms with Gasteiger partial charge in [0.15, 0.2) is 0 Å². The first-order valence-corrected chi connectivity index (χ1v) is 4.91. The highest BCUT2D eigenvalue weighted by atomic mass is 15.0. The Balaban J connectivity index is 3.42. The Morgan fingerprint density at radius 1 is 1.33 bits per heavy atom. The molecule has 0 bridgehead atoms. The maximum atomic E-state index is 3.46. The van der Waals surface area contributed by atoms with Gasteiger partial charge >= 0.3 is 0 Å². The maximum Gasteiger partial charge on any atom is 0.0246 e. The van der Waals surface area contributed by atoms with Crippen LogP contribution in [0.25, 0.3) is 0 Å². The van der Waals surface area contributed by atoms with E-state index in [0.717, 1.165) is 19.0 Å². The average Bonchev–Trinajstić information content (AvgIpc) is 2.04. The molecule has 0 aliphatic carbocycles. The van der Waals surface area contributed by atoms with Gasteiger partial charge in [0.05, 0.1) is 0 Å². The van der Waals surface area contributed by atoms with Crippen molar-refractivity contribution >= 4 is 0 Å². The van der Waals surface area contributed by atoms with Gasteiger partial charge in [0.1, 0.15) is 0 Å². The van der Waals surface area contributed by atoms with Crippen molar-refractivity contribution in [2.75, 3.05) is 20.1 Å². The van der Waals surface area contributed by atoms with Crippen LogP contribution in [-0.4, -0.2) is 25.7 Å². The number of rotatable bonds is 6. The van der Waals surface area contributed by atoms with Crippen LogP contribution in [0.1, 0.15) is 34.1 Å². The summed E-state index contributed by atoms with van der Waals surface area (Å²) in [7, 11) is 2.00. The van der Waals surface area contributed by atoms with Gasteiger partial charge in [-0.15, -0.1) is 0 Å². The van der Waals surface area contributed by atoms with Gasteiger partial charge in [-0.05, 0) is 33.4 Å². The van der Waals surface area contributed by atoms with Gasteiger partial charge in [0.25, 0.3) is 0 Å². The second-order valence-corrected chi connectivity index (χ2v) is 4.28. The van der Waals surface area contributed by atoms with Crippen molar-refractivity contribution in [2.45, 2.75) is 39.7 Å². The molecule has 2 heteroatoms. The highest BCUT2D eigenvalue weighted by Crippen LogP contribution is 2.00. The third-order valence-corrected chi connectivity index (χ3v) is 2.43. The summed E-state index contributed by atoms with van der Waals surface area (Å²) in [5.74, 6) is 0.789. The standard InChI is InChI=1S/C10H24N2/c1-6-9(2)7-12-8-10(3,4)11-5/h9,11-12H,6-8H2,1-5H3. The predicted octanol–water partition coefficient (Wildman–Crippen LogP) is 1.62. The number of likely N-dealkylation sites (N-methyl/N-ethyl adjacent to an activating group) is 1. The van der Waals surface area contributed by atoms with E-state index < -0.39 is 0 Å². The van der Waals surface area contributed by atoms with Gasteiger partial charge in [0.2, 0.25) is 0 Å². The zero-order chi connectivity index (χ0) is 9.61. The van der Waals surface area contributed by atoms with E-state index >= 15 is 0 Å².